The van der Waals surface area contributed by atoms with Crippen molar-refractivity contribution in [2.75, 3.05) is 6.54 Å². The molecule has 1 rings (SSSR count). The minimum absolute atomic E-state index is 0. The van der Waals surface area contributed by atoms with Gasteiger partial charge in [-0.2, -0.15) is 0 Å². The van der Waals surface area contributed by atoms with Crippen molar-refractivity contribution in [3.8, 4) is 0 Å². The monoisotopic (exact) mass is 438 g/mol. The van der Waals surface area contributed by atoms with Crippen molar-refractivity contribution in [3.63, 3.8) is 0 Å². The molecule has 0 aliphatic heterocycles. The molecule has 1 atom stereocenters. The van der Waals surface area contributed by atoms with Crippen LogP contribution in [0.1, 0.15) is 46.1 Å². The van der Waals surface area contributed by atoms with Gasteiger partial charge in [0, 0.05) is 18.8 Å². The molecule has 0 bridgehead atoms. The second-order valence-electron chi connectivity index (χ2n) is 5.70. The summed E-state index contributed by atoms with van der Waals surface area (Å²) in [6, 6.07) is 4.15. The summed E-state index contributed by atoms with van der Waals surface area (Å²) in [5, 5.41) is 7.23. The Bertz CT molecular complexity index is 434. The molecule has 0 spiro atoms. The molecular formula is C16H28ClIN4. The largest absolute Gasteiger partial charge is 0.357 e. The summed E-state index contributed by atoms with van der Waals surface area (Å²) < 4.78 is 0. The average Bonchev–Trinajstić information content (AvgIpc) is 2.44. The van der Waals surface area contributed by atoms with Crippen LogP contribution in [0.3, 0.4) is 0 Å². The molecule has 1 aromatic heterocycles. The predicted molar refractivity (Wildman–Crippen MR) is 106 cm³/mol. The molecule has 0 aromatic carbocycles. The molecule has 0 radical (unpaired) electrons. The zero-order valence-corrected chi connectivity index (χ0v) is 17.0. The van der Waals surface area contributed by atoms with Gasteiger partial charge in [0.1, 0.15) is 5.15 Å². The molecule has 126 valence electrons. The molecule has 2 N–H and O–H groups in total. The van der Waals surface area contributed by atoms with Crippen molar-refractivity contribution >= 4 is 41.5 Å². The Hall–Kier alpha value is -0.560. The summed E-state index contributed by atoms with van der Waals surface area (Å²) in [6.07, 6.45) is 4.12. The van der Waals surface area contributed by atoms with Crippen LogP contribution in [0.25, 0.3) is 0 Å². The molecule has 0 amide bonds. The summed E-state index contributed by atoms with van der Waals surface area (Å²) in [5.74, 6) is 1.58. The Labute approximate surface area is 156 Å². The quantitative estimate of drug-likeness (QED) is 0.290. The Kier molecular flexibility index (Phi) is 11.6. The lowest BCUT2D eigenvalue weighted by atomic mass is 10.0. The highest BCUT2D eigenvalue weighted by Gasteiger charge is 2.06. The maximum absolute atomic E-state index is 5.78. The van der Waals surface area contributed by atoms with Gasteiger partial charge in [-0.15, -0.1) is 24.0 Å². The summed E-state index contributed by atoms with van der Waals surface area (Å²) in [4.78, 5) is 8.66. The van der Waals surface area contributed by atoms with Crippen LogP contribution >= 0.6 is 35.6 Å². The van der Waals surface area contributed by atoms with Crippen molar-refractivity contribution in [2.24, 2.45) is 10.9 Å². The number of guanidine groups is 1. The van der Waals surface area contributed by atoms with E-state index in [0.29, 0.717) is 17.7 Å². The zero-order valence-electron chi connectivity index (χ0n) is 13.9. The number of aromatic nitrogens is 1. The van der Waals surface area contributed by atoms with Crippen LogP contribution in [0.2, 0.25) is 5.15 Å². The fourth-order valence-electron chi connectivity index (χ4n) is 1.88. The van der Waals surface area contributed by atoms with Crippen molar-refractivity contribution in [1.29, 1.82) is 0 Å². The van der Waals surface area contributed by atoms with Crippen molar-refractivity contribution < 1.29 is 0 Å². The molecule has 22 heavy (non-hydrogen) atoms. The predicted octanol–water partition coefficient (Wildman–Crippen LogP) is 4.23. The second-order valence-corrected chi connectivity index (χ2v) is 6.09. The second kappa shape index (κ2) is 11.9. The highest BCUT2D eigenvalue weighted by Crippen LogP contribution is 2.07. The first kappa shape index (κ1) is 21.4. The van der Waals surface area contributed by atoms with E-state index in [9.17, 15) is 0 Å². The van der Waals surface area contributed by atoms with E-state index in [4.69, 9.17) is 11.6 Å². The number of pyridine rings is 1. The lowest BCUT2D eigenvalue weighted by Gasteiger charge is -2.18. The van der Waals surface area contributed by atoms with Crippen LogP contribution in [0.15, 0.2) is 23.3 Å². The molecule has 1 unspecified atom stereocenters. The SMILES string of the molecule is CCNC(=NCc1ccc(Cl)nc1)NC(C)CCC(C)C.I. The minimum atomic E-state index is 0. The molecule has 0 saturated heterocycles. The van der Waals surface area contributed by atoms with E-state index in [1.807, 2.05) is 6.07 Å². The molecule has 0 aliphatic rings. The minimum Gasteiger partial charge on any atom is -0.357 e. The van der Waals surface area contributed by atoms with Crippen molar-refractivity contribution in [2.45, 2.75) is 53.1 Å². The fraction of sp³-hybridized carbons (Fsp3) is 0.625. The first-order chi connectivity index (χ1) is 10.0. The van der Waals surface area contributed by atoms with E-state index in [1.54, 1.807) is 12.3 Å². The third kappa shape index (κ3) is 9.46. The fourth-order valence-corrected chi connectivity index (χ4v) is 1.99. The molecule has 0 fully saturated rings. The van der Waals surface area contributed by atoms with Crippen LogP contribution in [-0.2, 0) is 6.54 Å². The van der Waals surface area contributed by atoms with Crippen LogP contribution in [-0.4, -0.2) is 23.5 Å². The Morgan fingerprint density at radius 2 is 2.00 bits per heavy atom. The van der Waals surface area contributed by atoms with Gasteiger partial charge in [0.25, 0.3) is 0 Å². The average molecular weight is 439 g/mol. The summed E-state index contributed by atoms with van der Waals surface area (Å²) in [5.41, 5.74) is 1.05. The van der Waals surface area contributed by atoms with Crippen LogP contribution < -0.4 is 10.6 Å². The third-order valence-corrected chi connectivity index (χ3v) is 3.34. The molecule has 4 nitrogen and oxygen atoms in total. The van der Waals surface area contributed by atoms with Crippen LogP contribution in [0.4, 0.5) is 0 Å². The molecule has 1 aromatic rings. The standard InChI is InChI=1S/C16H27ClN4.HI/c1-5-18-16(21-13(4)7-6-12(2)3)20-11-14-8-9-15(17)19-10-14;/h8-10,12-13H,5-7,11H2,1-4H3,(H2,18,20,21);1H. The van der Waals surface area contributed by atoms with Crippen LogP contribution in [0.5, 0.6) is 0 Å². The van der Waals surface area contributed by atoms with Gasteiger partial charge in [-0.05, 0) is 44.2 Å². The number of aliphatic imine (C=N–C) groups is 1. The topological polar surface area (TPSA) is 49.3 Å². The zero-order chi connectivity index (χ0) is 15.7. The summed E-state index contributed by atoms with van der Waals surface area (Å²) >= 11 is 5.78. The van der Waals surface area contributed by atoms with Gasteiger partial charge in [0.2, 0.25) is 0 Å². The van der Waals surface area contributed by atoms with Crippen molar-refractivity contribution in [3.05, 3.63) is 29.0 Å². The van der Waals surface area contributed by atoms with Gasteiger partial charge in [0.15, 0.2) is 5.96 Å². The van der Waals surface area contributed by atoms with Crippen LogP contribution in [0, 0.1) is 5.92 Å². The lowest BCUT2D eigenvalue weighted by molar-refractivity contribution is 0.489. The van der Waals surface area contributed by atoms with Gasteiger partial charge in [-0.3, -0.25) is 0 Å². The van der Waals surface area contributed by atoms with Crippen molar-refractivity contribution in [1.82, 2.24) is 15.6 Å². The Balaban J connectivity index is 0.00000441. The van der Waals surface area contributed by atoms with E-state index in [2.05, 4.69) is 48.3 Å². The first-order valence-corrected chi connectivity index (χ1v) is 8.04. The number of halogens is 2. The molecular weight excluding hydrogens is 411 g/mol. The lowest BCUT2D eigenvalue weighted by Crippen LogP contribution is -2.42. The Morgan fingerprint density at radius 3 is 2.55 bits per heavy atom. The highest BCUT2D eigenvalue weighted by atomic mass is 127. The van der Waals surface area contributed by atoms with E-state index in [0.717, 1.165) is 30.4 Å². The number of nitrogens with zero attached hydrogens (tertiary/aromatic N) is 2. The molecule has 0 saturated carbocycles. The summed E-state index contributed by atoms with van der Waals surface area (Å²) in [7, 11) is 0. The molecule has 1 heterocycles. The smallest absolute Gasteiger partial charge is 0.191 e. The van der Waals surface area contributed by atoms with Gasteiger partial charge < -0.3 is 10.6 Å². The maximum Gasteiger partial charge on any atom is 0.191 e. The number of nitrogens with one attached hydrogen (secondary N) is 2. The van der Waals surface area contributed by atoms with E-state index in [-0.39, 0.29) is 24.0 Å². The van der Waals surface area contributed by atoms with Gasteiger partial charge in [-0.1, -0.05) is 31.5 Å². The van der Waals surface area contributed by atoms with E-state index < -0.39 is 0 Å². The van der Waals surface area contributed by atoms with Gasteiger partial charge in [-0.25, -0.2) is 9.98 Å². The third-order valence-electron chi connectivity index (χ3n) is 3.11. The first-order valence-electron chi connectivity index (χ1n) is 7.66. The van der Waals surface area contributed by atoms with Gasteiger partial charge >= 0.3 is 0 Å². The van der Waals surface area contributed by atoms with E-state index in [1.165, 1.54) is 6.42 Å². The molecule has 6 heteroatoms. The Morgan fingerprint density at radius 1 is 1.27 bits per heavy atom. The van der Waals surface area contributed by atoms with Gasteiger partial charge in [0.05, 0.1) is 6.54 Å². The summed E-state index contributed by atoms with van der Waals surface area (Å²) in [6.45, 7) is 10.2. The number of rotatable bonds is 7. The molecule has 0 aliphatic carbocycles. The number of hydrogen-bond donors (Lipinski definition) is 2. The number of hydrogen-bond acceptors (Lipinski definition) is 2. The highest BCUT2D eigenvalue weighted by molar-refractivity contribution is 14.0. The van der Waals surface area contributed by atoms with E-state index >= 15 is 0 Å². The normalized spacial score (nSPS) is 12.7. The maximum atomic E-state index is 5.78.